The Balaban J connectivity index is 2.45. The maximum absolute atomic E-state index is 13.0. The fraction of sp³-hybridized carbons (Fsp3) is 0.133. The molecule has 110 valence electrons. The van der Waals surface area contributed by atoms with Gasteiger partial charge >= 0.3 is 6.18 Å². The zero-order valence-electron chi connectivity index (χ0n) is 10.6. The molecule has 1 N–H and O–H groups in total. The number of alkyl halides is 3. The first-order chi connectivity index (χ1) is 9.80. The molecule has 0 heterocycles. The monoisotopic (exact) mass is 406 g/mol. The van der Waals surface area contributed by atoms with Crippen LogP contribution in [0.15, 0.2) is 48.5 Å². The lowest BCUT2D eigenvalue weighted by Crippen LogP contribution is -2.18. The van der Waals surface area contributed by atoms with E-state index in [0.717, 1.165) is 12.1 Å². The van der Waals surface area contributed by atoms with E-state index in [1.54, 1.807) is 40.8 Å². The first kappa shape index (κ1) is 16.0. The number of benzene rings is 2. The van der Waals surface area contributed by atoms with Gasteiger partial charge < -0.3 is 5.11 Å². The lowest BCUT2D eigenvalue weighted by Gasteiger charge is -2.15. The van der Waals surface area contributed by atoms with Crippen LogP contribution >= 0.6 is 22.6 Å². The molecule has 6 heteroatoms. The second-order valence-electron chi connectivity index (χ2n) is 4.37. The molecule has 0 aliphatic rings. The fourth-order valence-electron chi connectivity index (χ4n) is 1.90. The molecular weight excluding hydrogens is 396 g/mol. The van der Waals surface area contributed by atoms with Crippen LogP contribution in [0.1, 0.15) is 27.6 Å². The van der Waals surface area contributed by atoms with Crippen molar-refractivity contribution in [2.45, 2.75) is 12.3 Å². The van der Waals surface area contributed by atoms with Gasteiger partial charge in [-0.15, -0.1) is 0 Å². The molecule has 0 amide bonds. The van der Waals surface area contributed by atoms with Gasteiger partial charge in [0.25, 0.3) is 0 Å². The highest BCUT2D eigenvalue weighted by atomic mass is 127. The SMILES string of the molecule is O=C(c1ccc(I)cc1C(F)(F)F)C(O)c1ccccc1. The molecule has 0 aromatic heterocycles. The number of aliphatic hydroxyl groups is 1. The molecule has 21 heavy (non-hydrogen) atoms. The molecular formula is C15H10F3IO2. The Hall–Kier alpha value is -1.41. The summed E-state index contributed by atoms with van der Waals surface area (Å²) in [6.45, 7) is 0. The Labute approximate surface area is 132 Å². The second kappa shape index (κ2) is 6.15. The highest BCUT2D eigenvalue weighted by Gasteiger charge is 2.36. The van der Waals surface area contributed by atoms with E-state index in [1.807, 2.05) is 0 Å². The average molecular weight is 406 g/mol. The number of carbonyl (C=O) groups excluding carboxylic acids is 1. The Morgan fingerprint density at radius 1 is 1.10 bits per heavy atom. The number of hydrogen-bond donors (Lipinski definition) is 1. The third-order valence-corrected chi connectivity index (χ3v) is 3.59. The number of aliphatic hydroxyl groups excluding tert-OH is 1. The topological polar surface area (TPSA) is 37.3 Å². The molecule has 0 radical (unpaired) electrons. The van der Waals surface area contributed by atoms with E-state index in [4.69, 9.17) is 0 Å². The minimum atomic E-state index is -4.65. The van der Waals surface area contributed by atoms with Gasteiger partial charge in [0.2, 0.25) is 0 Å². The van der Waals surface area contributed by atoms with Crippen molar-refractivity contribution in [3.8, 4) is 0 Å². The maximum atomic E-state index is 13.0. The lowest BCUT2D eigenvalue weighted by molar-refractivity contribution is -0.138. The molecule has 2 aromatic carbocycles. The maximum Gasteiger partial charge on any atom is 0.417 e. The lowest BCUT2D eigenvalue weighted by atomic mass is 9.96. The Kier molecular flexibility index (Phi) is 4.67. The largest absolute Gasteiger partial charge is 0.417 e. The Morgan fingerprint density at radius 3 is 2.29 bits per heavy atom. The molecule has 0 aliphatic carbocycles. The average Bonchev–Trinajstić information content (AvgIpc) is 2.45. The summed E-state index contributed by atoms with van der Waals surface area (Å²) in [5.74, 6) is -0.968. The summed E-state index contributed by atoms with van der Waals surface area (Å²) in [4.78, 5) is 12.2. The van der Waals surface area contributed by atoms with Crippen LogP contribution < -0.4 is 0 Å². The van der Waals surface area contributed by atoms with Crippen molar-refractivity contribution in [3.63, 3.8) is 0 Å². The van der Waals surface area contributed by atoms with E-state index in [0.29, 0.717) is 3.57 Å². The van der Waals surface area contributed by atoms with Gasteiger partial charge in [-0.1, -0.05) is 30.3 Å². The molecule has 2 aromatic rings. The number of hydrogen-bond acceptors (Lipinski definition) is 2. The zero-order valence-corrected chi connectivity index (χ0v) is 12.7. The van der Waals surface area contributed by atoms with Crippen LogP contribution in [0.25, 0.3) is 0 Å². The second-order valence-corrected chi connectivity index (χ2v) is 5.61. The van der Waals surface area contributed by atoms with Crippen LogP contribution in [0.3, 0.4) is 0 Å². The summed E-state index contributed by atoms with van der Waals surface area (Å²) < 4.78 is 39.4. The summed E-state index contributed by atoms with van der Waals surface area (Å²) in [6.07, 6.45) is -6.27. The summed E-state index contributed by atoms with van der Waals surface area (Å²) in [5.41, 5.74) is -1.30. The fourth-order valence-corrected chi connectivity index (χ4v) is 2.39. The number of carbonyl (C=O) groups is 1. The van der Waals surface area contributed by atoms with Crippen molar-refractivity contribution in [1.82, 2.24) is 0 Å². The first-order valence-electron chi connectivity index (χ1n) is 5.94. The number of Topliss-reactive ketones (excluding diaryl/α,β-unsaturated/α-hetero) is 1. The van der Waals surface area contributed by atoms with Gasteiger partial charge in [0, 0.05) is 9.13 Å². The standard InChI is InChI=1S/C15H10F3IO2/c16-15(17,18)12-8-10(19)6-7-11(12)14(21)13(20)9-4-2-1-3-5-9/h1-8,13,20H. The van der Waals surface area contributed by atoms with Crippen molar-refractivity contribution in [2.24, 2.45) is 0 Å². The summed E-state index contributed by atoms with van der Waals surface area (Å²) in [6, 6.07) is 11.3. The van der Waals surface area contributed by atoms with Crippen molar-refractivity contribution < 1.29 is 23.1 Å². The van der Waals surface area contributed by atoms with Crippen LogP contribution in [0.2, 0.25) is 0 Å². The van der Waals surface area contributed by atoms with Crippen LogP contribution in [0.4, 0.5) is 13.2 Å². The summed E-state index contributed by atoms with van der Waals surface area (Å²) in [7, 11) is 0. The van der Waals surface area contributed by atoms with E-state index < -0.39 is 29.2 Å². The number of halogens is 4. The predicted octanol–water partition coefficient (Wildman–Crippen LogP) is 4.23. The highest BCUT2D eigenvalue weighted by molar-refractivity contribution is 14.1. The molecule has 0 saturated carbocycles. The minimum Gasteiger partial charge on any atom is -0.380 e. The van der Waals surface area contributed by atoms with E-state index >= 15 is 0 Å². The molecule has 1 atom stereocenters. The quantitative estimate of drug-likeness (QED) is 0.612. The molecule has 0 saturated heterocycles. The molecule has 0 bridgehead atoms. The Bertz CT molecular complexity index is 654. The van der Waals surface area contributed by atoms with Crippen molar-refractivity contribution in [2.75, 3.05) is 0 Å². The third kappa shape index (κ3) is 3.62. The van der Waals surface area contributed by atoms with E-state index in [1.165, 1.54) is 18.2 Å². The molecule has 0 spiro atoms. The van der Waals surface area contributed by atoms with Crippen LogP contribution in [-0.2, 0) is 6.18 Å². The van der Waals surface area contributed by atoms with E-state index in [9.17, 15) is 23.1 Å². The molecule has 1 unspecified atom stereocenters. The molecule has 2 rings (SSSR count). The van der Waals surface area contributed by atoms with Crippen molar-refractivity contribution >= 4 is 28.4 Å². The van der Waals surface area contributed by atoms with Gasteiger partial charge in [-0.05, 0) is 46.4 Å². The highest BCUT2D eigenvalue weighted by Crippen LogP contribution is 2.34. The molecule has 2 nitrogen and oxygen atoms in total. The van der Waals surface area contributed by atoms with Crippen molar-refractivity contribution in [1.29, 1.82) is 0 Å². The molecule has 0 aliphatic heterocycles. The van der Waals surface area contributed by atoms with Crippen LogP contribution in [-0.4, -0.2) is 10.9 Å². The van der Waals surface area contributed by atoms with Crippen LogP contribution in [0, 0.1) is 3.57 Å². The third-order valence-electron chi connectivity index (χ3n) is 2.92. The normalized spacial score (nSPS) is 13.0. The minimum absolute atomic E-state index is 0.258. The summed E-state index contributed by atoms with van der Waals surface area (Å²) in [5, 5.41) is 9.98. The molecule has 0 fully saturated rings. The van der Waals surface area contributed by atoms with Gasteiger partial charge in [-0.2, -0.15) is 13.2 Å². The Morgan fingerprint density at radius 2 is 1.71 bits per heavy atom. The first-order valence-corrected chi connectivity index (χ1v) is 7.02. The van der Waals surface area contributed by atoms with Gasteiger partial charge in [-0.3, -0.25) is 4.79 Å². The van der Waals surface area contributed by atoms with Gasteiger partial charge in [0.15, 0.2) is 5.78 Å². The van der Waals surface area contributed by atoms with Gasteiger partial charge in [-0.25, -0.2) is 0 Å². The number of rotatable bonds is 3. The van der Waals surface area contributed by atoms with Gasteiger partial charge in [0.05, 0.1) is 5.56 Å². The zero-order chi connectivity index (χ0) is 15.6. The van der Waals surface area contributed by atoms with Gasteiger partial charge in [0.1, 0.15) is 6.10 Å². The van der Waals surface area contributed by atoms with Crippen LogP contribution in [0.5, 0.6) is 0 Å². The number of ketones is 1. The van der Waals surface area contributed by atoms with E-state index in [-0.39, 0.29) is 5.56 Å². The smallest absolute Gasteiger partial charge is 0.380 e. The van der Waals surface area contributed by atoms with Crippen molar-refractivity contribution in [3.05, 3.63) is 68.8 Å². The predicted molar refractivity (Wildman–Crippen MR) is 79.9 cm³/mol. The summed E-state index contributed by atoms with van der Waals surface area (Å²) >= 11 is 1.74. The van der Waals surface area contributed by atoms with E-state index in [2.05, 4.69) is 0 Å².